The fourth-order valence-corrected chi connectivity index (χ4v) is 3.62. The molecular weight excluding hydrogens is 276 g/mol. The Labute approximate surface area is 129 Å². The Morgan fingerprint density at radius 2 is 1.81 bits per heavy atom. The van der Waals surface area contributed by atoms with Crippen LogP contribution in [0.1, 0.15) is 42.6 Å². The quantitative estimate of drug-likeness (QED) is 0.675. The maximum absolute atomic E-state index is 10.7. The van der Waals surface area contributed by atoms with E-state index in [1.807, 2.05) is 12.1 Å². The summed E-state index contributed by atoms with van der Waals surface area (Å²) in [6, 6.07) is 16.6. The number of unbranched alkanes of at least 4 members (excludes halogenated alkanes) is 1. The largest absolute Gasteiger partial charge is 0.384 e. The predicted molar refractivity (Wildman–Crippen MR) is 90.9 cm³/mol. The molecule has 21 heavy (non-hydrogen) atoms. The summed E-state index contributed by atoms with van der Waals surface area (Å²) in [5.74, 6) is 0. The van der Waals surface area contributed by atoms with Gasteiger partial charge >= 0.3 is 0 Å². The van der Waals surface area contributed by atoms with Gasteiger partial charge in [-0.05, 0) is 40.8 Å². The number of aliphatic hydroxyl groups is 1. The molecule has 3 aromatic rings. The molecule has 0 aliphatic heterocycles. The molecule has 108 valence electrons. The van der Waals surface area contributed by atoms with E-state index in [0.29, 0.717) is 0 Å². The van der Waals surface area contributed by atoms with Crippen LogP contribution in [0.5, 0.6) is 0 Å². The molecule has 1 N–H and O–H groups in total. The van der Waals surface area contributed by atoms with E-state index in [1.54, 1.807) is 11.3 Å². The molecule has 0 spiro atoms. The van der Waals surface area contributed by atoms with Crippen molar-refractivity contribution >= 4 is 21.4 Å². The second-order valence-corrected chi connectivity index (χ2v) is 6.35. The van der Waals surface area contributed by atoms with Crippen molar-refractivity contribution in [2.75, 3.05) is 0 Å². The fourth-order valence-electron chi connectivity index (χ4n) is 2.64. The van der Waals surface area contributed by atoms with Gasteiger partial charge in [-0.2, -0.15) is 0 Å². The van der Waals surface area contributed by atoms with E-state index >= 15 is 0 Å². The molecule has 0 bridgehead atoms. The molecule has 1 heterocycles. The zero-order chi connectivity index (χ0) is 14.7. The van der Waals surface area contributed by atoms with Crippen LogP contribution < -0.4 is 0 Å². The minimum atomic E-state index is -0.540. The monoisotopic (exact) mass is 296 g/mol. The van der Waals surface area contributed by atoms with E-state index < -0.39 is 6.10 Å². The molecule has 0 aliphatic carbocycles. The number of hydrogen-bond acceptors (Lipinski definition) is 2. The van der Waals surface area contributed by atoms with Crippen LogP contribution in [0, 0.1) is 0 Å². The summed E-state index contributed by atoms with van der Waals surface area (Å²) in [6.07, 6.45) is 3.01. The third-order valence-corrected chi connectivity index (χ3v) is 4.90. The van der Waals surface area contributed by atoms with Crippen LogP contribution in [0.3, 0.4) is 0 Å². The minimum Gasteiger partial charge on any atom is -0.384 e. The van der Waals surface area contributed by atoms with Crippen molar-refractivity contribution in [3.63, 3.8) is 0 Å². The molecule has 0 radical (unpaired) electrons. The zero-order valence-electron chi connectivity index (χ0n) is 12.3. The van der Waals surface area contributed by atoms with Crippen LogP contribution in [0.15, 0.2) is 53.9 Å². The van der Waals surface area contributed by atoms with Gasteiger partial charge in [0.05, 0.1) is 0 Å². The Kier molecular flexibility index (Phi) is 4.37. The Morgan fingerprint density at radius 3 is 2.57 bits per heavy atom. The SMILES string of the molecule is CCCCc1ccc(C(O)c2csc3ccccc23)cc1. The Hall–Kier alpha value is -1.64. The highest BCUT2D eigenvalue weighted by atomic mass is 32.1. The van der Waals surface area contributed by atoms with Gasteiger partial charge in [-0.1, -0.05) is 55.8 Å². The Bertz CT molecular complexity index is 712. The number of benzene rings is 2. The van der Waals surface area contributed by atoms with Gasteiger partial charge in [-0.15, -0.1) is 11.3 Å². The second kappa shape index (κ2) is 6.42. The molecule has 1 aromatic heterocycles. The molecule has 1 nitrogen and oxygen atoms in total. The lowest BCUT2D eigenvalue weighted by Gasteiger charge is -2.11. The lowest BCUT2D eigenvalue weighted by atomic mass is 9.99. The van der Waals surface area contributed by atoms with E-state index in [2.05, 4.69) is 48.7 Å². The summed E-state index contributed by atoms with van der Waals surface area (Å²) in [5.41, 5.74) is 3.33. The first-order chi connectivity index (χ1) is 10.3. The maximum Gasteiger partial charge on any atom is 0.105 e. The molecule has 2 heteroatoms. The molecule has 0 saturated heterocycles. The molecule has 3 rings (SSSR count). The average Bonchev–Trinajstić information content (AvgIpc) is 2.97. The number of thiophene rings is 1. The molecule has 0 fully saturated rings. The van der Waals surface area contributed by atoms with Crippen LogP contribution in [0.2, 0.25) is 0 Å². The summed E-state index contributed by atoms with van der Waals surface area (Å²) >= 11 is 1.69. The molecule has 1 unspecified atom stereocenters. The number of rotatable bonds is 5. The molecule has 0 aliphatic rings. The van der Waals surface area contributed by atoms with Crippen molar-refractivity contribution in [3.05, 3.63) is 70.6 Å². The van der Waals surface area contributed by atoms with Crippen LogP contribution >= 0.6 is 11.3 Å². The van der Waals surface area contributed by atoms with Crippen LogP contribution in [-0.4, -0.2) is 5.11 Å². The van der Waals surface area contributed by atoms with E-state index in [9.17, 15) is 5.11 Å². The highest BCUT2D eigenvalue weighted by Gasteiger charge is 2.14. The first-order valence-electron chi connectivity index (χ1n) is 7.52. The topological polar surface area (TPSA) is 20.2 Å². The minimum absolute atomic E-state index is 0.540. The van der Waals surface area contributed by atoms with E-state index in [0.717, 1.165) is 22.9 Å². The Morgan fingerprint density at radius 1 is 1.05 bits per heavy atom. The van der Waals surface area contributed by atoms with Crippen molar-refractivity contribution in [1.29, 1.82) is 0 Å². The van der Waals surface area contributed by atoms with Gasteiger partial charge < -0.3 is 5.11 Å². The van der Waals surface area contributed by atoms with Crippen molar-refractivity contribution in [2.24, 2.45) is 0 Å². The summed E-state index contributed by atoms with van der Waals surface area (Å²) in [4.78, 5) is 0. The first-order valence-corrected chi connectivity index (χ1v) is 8.40. The number of hydrogen-bond donors (Lipinski definition) is 1. The summed E-state index contributed by atoms with van der Waals surface area (Å²) < 4.78 is 1.23. The molecule has 1 atom stereocenters. The fraction of sp³-hybridized carbons (Fsp3) is 0.263. The number of aliphatic hydroxyl groups excluding tert-OH is 1. The smallest absolute Gasteiger partial charge is 0.105 e. The van der Waals surface area contributed by atoms with E-state index in [-0.39, 0.29) is 0 Å². The lowest BCUT2D eigenvalue weighted by molar-refractivity contribution is 0.222. The van der Waals surface area contributed by atoms with Gasteiger partial charge in [-0.3, -0.25) is 0 Å². The van der Waals surface area contributed by atoms with Crippen molar-refractivity contribution in [1.82, 2.24) is 0 Å². The summed E-state index contributed by atoms with van der Waals surface area (Å²) in [7, 11) is 0. The number of fused-ring (bicyclic) bond motifs is 1. The second-order valence-electron chi connectivity index (χ2n) is 5.43. The number of aryl methyl sites for hydroxylation is 1. The highest BCUT2D eigenvalue weighted by Crippen LogP contribution is 2.33. The van der Waals surface area contributed by atoms with Crippen LogP contribution in [0.4, 0.5) is 0 Å². The van der Waals surface area contributed by atoms with Gasteiger partial charge in [-0.25, -0.2) is 0 Å². The van der Waals surface area contributed by atoms with Crippen molar-refractivity contribution in [2.45, 2.75) is 32.3 Å². The zero-order valence-corrected chi connectivity index (χ0v) is 13.1. The van der Waals surface area contributed by atoms with Gasteiger partial charge in [0.15, 0.2) is 0 Å². The predicted octanol–water partition coefficient (Wildman–Crippen LogP) is 5.33. The Balaban J connectivity index is 1.86. The van der Waals surface area contributed by atoms with Crippen LogP contribution in [0.25, 0.3) is 10.1 Å². The first kappa shape index (κ1) is 14.3. The summed E-state index contributed by atoms with van der Waals surface area (Å²) in [5, 5.41) is 13.9. The van der Waals surface area contributed by atoms with Gasteiger partial charge in [0.2, 0.25) is 0 Å². The molecule has 0 saturated carbocycles. The highest BCUT2D eigenvalue weighted by molar-refractivity contribution is 7.17. The maximum atomic E-state index is 10.7. The van der Waals surface area contributed by atoms with Gasteiger partial charge in [0.25, 0.3) is 0 Å². The third-order valence-electron chi connectivity index (χ3n) is 3.92. The van der Waals surface area contributed by atoms with Crippen molar-refractivity contribution in [3.8, 4) is 0 Å². The van der Waals surface area contributed by atoms with Crippen LogP contribution in [-0.2, 0) is 6.42 Å². The van der Waals surface area contributed by atoms with Crippen molar-refractivity contribution < 1.29 is 5.11 Å². The van der Waals surface area contributed by atoms with E-state index in [1.165, 1.54) is 23.1 Å². The molecule has 0 amide bonds. The molecular formula is C19H20OS. The standard InChI is InChI=1S/C19H20OS/c1-2-3-6-14-9-11-15(12-10-14)19(20)17-13-21-18-8-5-4-7-16(17)18/h4-5,7-13,19-20H,2-3,6H2,1H3. The lowest BCUT2D eigenvalue weighted by Crippen LogP contribution is -1.99. The van der Waals surface area contributed by atoms with Gasteiger partial charge in [0, 0.05) is 10.3 Å². The molecule has 2 aromatic carbocycles. The third kappa shape index (κ3) is 3.02. The van der Waals surface area contributed by atoms with E-state index in [4.69, 9.17) is 0 Å². The average molecular weight is 296 g/mol. The normalized spacial score (nSPS) is 12.7. The summed E-state index contributed by atoms with van der Waals surface area (Å²) in [6.45, 7) is 2.21. The van der Waals surface area contributed by atoms with Gasteiger partial charge in [0.1, 0.15) is 6.10 Å².